The second-order valence-electron chi connectivity index (χ2n) is 6.66. The van der Waals surface area contributed by atoms with E-state index in [-0.39, 0.29) is 0 Å². The van der Waals surface area contributed by atoms with Crippen LogP contribution in [0.4, 0.5) is 0 Å². The smallest absolute Gasteiger partial charge is 0.0697 e. The summed E-state index contributed by atoms with van der Waals surface area (Å²) in [6, 6.07) is 0.828. The van der Waals surface area contributed by atoms with E-state index in [4.69, 9.17) is 4.74 Å². The molecule has 1 aliphatic carbocycles. The molecule has 0 bridgehead atoms. The molecule has 0 aromatic carbocycles. The number of hydrogen-bond acceptors (Lipinski definition) is 3. The largest absolute Gasteiger partial charge is 0.375 e. The highest BCUT2D eigenvalue weighted by Gasteiger charge is 2.46. The maximum absolute atomic E-state index is 6.05. The average Bonchev–Trinajstić information content (AvgIpc) is 2.87. The van der Waals surface area contributed by atoms with Crippen molar-refractivity contribution in [1.82, 2.24) is 10.2 Å². The van der Waals surface area contributed by atoms with Crippen molar-refractivity contribution in [3.8, 4) is 0 Å². The Morgan fingerprint density at radius 2 is 1.88 bits per heavy atom. The molecule has 0 aromatic heterocycles. The zero-order valence-corrected chi connectivity index (χ0v) is 10.7. The van der Waals surface area contributed by atoms with E-state index in [9.17, 15) is 0 Å². The highest BCUT2D eigenvalue weighted by Crippen LogP contribution is 2.44. The molecule has 17 heavy (non-hydrogen) atoms. The van der Waals surface area contributed by atoms with Crippen LogP contribution in [0.25, 0.3) is 0 Å². The summed E-state index contributed by atoms with van der Waals surface area (Å²) in [7, 11) is 0. The molecule has 4 aliphatic rings. The van der Waals surface area contributed by atoms with E-state index in [1.165, 1.54) is 58.3 Å². The normalized spacial score (nSPS) is 44.8. The highest BCUT2D eigenvalue weighted by atomic mass is 16.5. The van der Waals surface area contributed by atoms with Gasteiger partial charge in [-0.15, -0.1) is 0 Å². The molecule has 96 valence electrons. The summed E-state index contributed by atoms with van der Waals surface area (Å²) in [5.74, 6) is 1.88. The molecular formula is C14H24N2O. The van der Waals surface area contributed by atoms with E-state index in [0.717, 1.165) is 24.5 Å². The number of hydrogen-bond donors (Lipinski definition) is 1. The summed E-state index contributed by atoms with van der Waals surface area (Å²) in [5.41, 5.74) is 0.318. The SMILES string of the molecule is C1CC2(C1)CC(N1C[C@H]3CNC[C@H]3C1)CCO2. The number of rotatable bonds is 1. The van der Waals surface area contributed by atoms with Crippen molar-refractivity contribution >= 4 is 0 Å². The summed E-state index contributed by atoms with van der Waals surface area (Å²) in [6.45, 7) is 6.22. The molecule has 3 heteroatoms. The predicted molar refractivity (Wildman–Crippen MR) is 67.0 cm³/mol. The summed E-state index contributed by atoms with van der Waals surface area (Å²) in [4.78, 5) is 2.79. The van der Waals surface area contributed by atoms with Gasteiger partial charge in [-0.2, -0.15) is 0 Å². The second kappa shape index (κ2) is 3.94. The number of fused-ring (bicyclic) bond motifs is 1. The number of ether oxygens (including phenoxy) is 1. The van der Waals surface area contributed by atoms with E-state index < -0.39 is 0 Å². The minimum Gasteiger partial charge on any atom is -0.375 e. The number of nitrogens with one attached hydrogen (secondary N) is 1. The lowest BCUT2D eigenvalue weighted by atomic mass is 9.73. The number of likely N-dealkylation sites (tertiary alicyclic amines) is 1. The highest BCUT2D eigenvalue weighted by molar-refractivity contribution is 5.00. The van der Waals surface area contributed by atoms with Crippen LogP contribution in [0.2, 0.25) is 0 Å². The molecule has 0 aromatic rings. The van der Waals surface area contributed by atoms with Gasteiger partial charge in [0.25, 0.3) is 0 Å². The van der Waals surface area contributed by atoms with Gasteiger partial charge in [0.1, 0.15) is 0 Å². The van der Waals surface area contributed by atoms with Gasteiger partial charge in [0.05, 0.1) is 5.60 Å². The van der Waals surface area contributed by atoms with E-state index in [1.54, 1.807) is 0 Å². The lowest BCUT2D eigenvalue weighted by Gasteiger charge is -2.49. The molecule has 3 aliphatic heterocycles. The molecule has 1 saturated carbocycles. The van der Waals surface area contributed by atoms with Crippen molar-refractivity contribution in [2.75, 3.05) is 32.8 Å². The van der Waals surface area contributed by atoms with Crippen LogP contribution >= 0.6 is 0 Å². The Bertz CT molecular complexity index is 291. The lowest BCUT2D eigenvalue weighted by molar-refractivity contribution is -0.147. The standard InChI is InChI=1S/C14H24N2O/c1-3-14(4-1)6-13(2-5-17-14)16-9-11-7-15-8-12(11)10-16/h11-13,15H,1-10H2/t11-,12+,13?. The van der Waals surface area contributed by atoms with Crippen molar-refractivity contribution in [2.24, 2.45) is 11.8 Å². The Morgan fingerprint density at radius 1 is 1.12 bits per heavy atom. The molecule has 0 radical (unpaired) electrons. The van der Waals surface area contributed by atoms with Crippen molar-refractivity contribution in [1.29, 1.82) is 0 Å². The molecule has 1 unspecified atom stereocenters. The van der Waals surface area contributed by atoms with Crippen molar-refractivity contribution in [3.63, 3.8) is 0 Å². The zero-order valence-electron chi connectivity index (χ0n) is 10.7. The van der Waals surface area contributed by atoms with Crippen LogP contribution in [-0.4, -0.2) is 49.3 Å². The Balaban J connectivity index is 1.42. The fourth-order valence-electron chi connectivity index (χ4n) is 4.42. The molecule has 4 rings (SSSR count). The van der Waals surface area contributed by atoms with E-state index in [1.807, 2.05) is 0 Å². The van der Waals surface area contributed by atoms with Crippen LogP contribution in [-0.2, 0) is 4.74 Å². The van der Waals surface area contributed by atoms with Gasteiger partial charge in [-0.05, 0) is 57.0 Å². The third-order valence-electron chi connectivity index (χ3n) is 5.67. The van der Waals surface area contributed by atoms with Crippen molar-refractivity contribution < 1.29 is 4.74 Å². The third kappa shape index (κ3) is 1.74. The first kappa shape index (κ1) is 10.8. The van der Waals surface area contributed by atoms with Crippen LogP contribution in [0.1, 0.15) is 32.1 Å². The monoisotopic (exact) mass is 236 g/mol. The van der Waals surface area contributed by atoms with E-state index in [0.29, 0.717) is 5.60 Å². The summed E-state index contributed by atoms with van der Waals surface area (Å²) >= 11 is 0. The summed E-state index contributed by atoms with van der Waals surface area (Å²) in [5, 5.41) is 3.53. The van der Waals surface area contributed by atoms with Gasteiger partial charge in [-0.25, -0.2) is 0 Å². The van der Waals surface area contributed by atoms with Crippen molar-refractivity contribution in [2.45, 2.75) is 43.7 Å². The third-order valence-corrected chi connectivity index (χ3v) is 5.67. The Morgan fingerprint density at radius 3 is 2.53 bits per heavy atom. The topological polar surface area (TPSA) is 24.5 Å². The molecule has 4 fully saturated rings. The summed E-state index contributed by atoms with van der Waals surface area (Å²) in [6.07, 6.45) is 6.63. The fourth-order valence-corrected chi connectivity index (χ4v) is 4.42. The Hall–Kier alpha value is -0.120. The van der Waals surface area contributed by atoms with Crippen LogP contribution < -0.4 is 5.32 Å². The summed E-state index contributed by atoms with van der Waals surface area (Å²) < 4.78 is 6.05. The average molecular weight is 236 g/mol. The lowest BCUT2D eigenvalue weighted by Crippen LogP contribution is -2.52. The molecule has 3 heterocycles. The number of nitrogens with zero attached hydrogens (tertiary/aromatic N) is 1. The Kier molecular flexibility index (Phi) is 2.50. The molecule has 3 atom stereocenters. The van der Waals surface area contributed by atoms with Gasteiger partial charge in [0.2, 0.25) is 0 Å². The maximum Gasteiger partial charge on any atom is 0.0697 e. The molecule has 3 nitrogen and oxygen atoms in total. The van der Waals surface area contributed by atoms with Crippen LogP contribution in [0.5, 0.6) is 0 Å². The van der Waals surface area contributed by atoms with Crippen LogP contribution in [0.15, 0.2) is 0 Å². The predicted octanol–water partition coefficient (Wildman–Crippen LogP) is 1.24. The first-order valence-corrected chi connectivity index (χ1v) is 7.43. The van der Waals surface area contributed by atoms with Crippen LogP contribution in [0, 0.1) is 11.8 Å². The maximum atomic E-state index is 6.05. The fraction of sp³-hybridized carbons (Fsp3) is 1.00. The molecular weight excluding hydrogens is 212 g/mol. The zero-order chi connectivity index (χ0) is 11.3. The van der Waals surface area contributed by atoms with Crippen LogP contribution in [0.3, 0.4) is 0 Å². The molecule has 0 amide bonds. The van der Waals surface area contributed by atoms with Gasteiger partial charge in [-0.3, -0.25) is 4.90 Å². The van der Waals surface area contributed by atoms with Gasteiger partial charge >= 0.3 is 0 Å². The molecule has 3 saturated heterocycles. The molecule has 1 spiro atoms. The van der Waals surface area contributed by atoms with Gasteiger partial charge in [-0.1, -0.05) is 0 Å². The Labute approximate surface area is 104 Å². The van der Waals surface area contributed by atoms with Gasteiger partial charge in [0.15, 0.2) is 0 Å². The van der Waals surface area contributed by atoms with Crippen molar-refractivity contribution in [3.05, 3.63) is 0 Å². The second-order valence-corrected chi connectivity index (χ2v) is 6.66. The first-order chi connectivity index (χ1) is 8.35. The van der Waals surface area contributed by atoms with E-state index in [2.05, 4.69) is 10.2 Å². The van der Waals surface area contributed by atoms with Gasteiger partial charge < -0.3 is 10.1 Å². The molecule has 1 N–H and O–H groups in total. The first-order valence-electron chi connectivity index (χ1n) is 7.43. The minimum atomic E-state index is 0.318. The van der Waals surface area contributed by atoms with E-state index >= 15 is 0 Å². The van der Waals surface area contributed by atoms with Gasteiger partial charge in [0, 0.05) is 25.7 Å². The minimum absolute atomic E-state index is 0.318. The quantitative estimate of drug-likeness (QED) is 0.741.